The molecule has 0 spiro atoms. The molecule has 0 aliphatic rings. The predicted octanol–water partition coefficient (Wildman–Crippen LogP) is 2.21. The summed E-state index contributed by atoms with van der Waals surface area (Å²) in [5.41, 5.74) is 10.7. The molecule has 0 atom stereocenters. The van der Waals surface area contributed by atoms with Crippen molar-refractivity contribution < 1.29 is 0 Å². The molecule has 0 unspecified atom stereocenters. The molecule has 0 bridgehead atoms. The minimum Gasteiger partial charge on any atom is -0.330 e. The number of imidazole rings is 1. The fourth-order valence-corrected chi connectivity index (χ4v) is 2.28. The molecule has 3 rings (SSSR count). The number of aryl methyl sites for hydroxylation is 1. The van der Waals surface area contributed by atoms with Gasteiger partial charge in [-0.1, -0.05) is 30.3 Å². The van der Waals surface area contributed by atoms with E-state index in [2.05, 4.69) is 22.2 Å². The molecular formula is C15H16N4. The Balaban J connectivity index is 2.17. The second-order valence-electron chi connectivity index (χ2n) is 4.54. The fraction of sp³-hybridized carbons (Fsp3) is 0.200. The molecular weight excluding hydrogens is 236 g/mol. The molecule has 0 radical (unpaired) electrons. The van der Waals surface area contributed by atoms with Crippen molar-refractivity contribution in [2.75, 3.05) is 6.54 Å². The summed E-state index contributed by atoms with van der Waals surface area (Å²) in [6, 6.07) is 14.2. The van der Waals surface area contributed by atoms with Crippen LogP contribution >= 0.6 is 0 Å². The lowest BCUT2D eigenvalue weighted by molar-refractivity contribution is 0.823. The molecule has 0 fully saturated rings. The van der Waals surface area contributed by atoms with E-state index in [0.717, 1.165) is 34.7 Å². The highest BCUT2D eigenvalue weighted by molar-refractivity contribution is 5.60. The van der Waals surface area contributed by atoms with Gasteiger partial charge in [0.05, 0.1) is 17.1 Å². The number of nitrogens with two attached hydrogens (primary N) is 1. The van der Waals surface area contributed by atoms with E-state index in [1.807, 2.05) is 41.8 Å². The van der Waals surface area contributed by atoms with Crippen LogP contribution in [-0.2, 0) is 6.42 Å². The number of nitrogens with zero attached hydrogens (tertiary/aromatic N) is 3. The van der Waals surface area contributed by atoms with E-state index in [1.54, 1.807) is 0 Å². The van der Waals surface area contributed by atoms with Gasteiger partial charge in [0.15, 0.2) is 5.65 Å². The van der Waals surface area contributed by atoms with Gasteiger partial charge >= 0.3 is 0 Å². The van der Waals surface area contributed by atoms with Crippen molar-refractivity contribution in [3.05, 3.63) is 53.9 Å². The van der Waals surface area contributed by atoms with Gasteiger partial charge in [0.25, 0.3) is 0 Å². The third-order valence-corrected chi connectivity index (χ3v) is 3.22. The molecule has 3 aromatic rings. The Bertz CT molecular complexity index is 701. The second-order valence-corrected chi connectivity index (χ2v) is 4.54. The SMILES string of the molecule is Cc1nc2ccc(-c3ccccc3)nn2c1CCN. The Hall–Kier alpha value is -2.20. The van der Waals surface area contributed by atoms with Gasteiger partial charge in [-0.2, -0.15) is 5.10 Å². The molecule has 2 N–H and O–H groups in total. The maximum Gasteiger partial charge on any atom is 0.154 e. The van der Waals surface area contributed by atoms with Crippen LogP contribution in [0.2, 0.25) is 0 Å². The number of aromatic nitrogens is 3. The van der Waals surface area contributed by atoms with Crippen molar-refractivity contribution in [2.24, 2.45) is 5.73 Å². The van der Waals surface area contributed by atoms with Crippen molar-refractivity contribution in [3.8, 4) is 11.3 Å². The standard InChI is InChI=1S/C15H16N4/c1-11-14(9-10-16)19-15(17-11)8-7-13(18-19)12-5-3-2-4-6-12/h2-8H,9-10,16H2,1H3. The highest BCUT2D eigenvalue weighted by Crippen LogP contribution is 2.18. The summed E-state index contributed by atoms with van der Waals surface area (Å²) in [5.74, 6) is 0. The monoisotopic (exact) mass is 252 g/mol. The first-order chi connectivity index (χ1) is 9.29. The van der Waals surface area contributed by atoms with Gasteiger partial charge in [-0.15, -0.1) is 0 Å². The largest absolute Gasteiger partial charge is 0.330 e. The lowest BCUT2D eigenvalue weighted by Crippen LogP contribution is -2.08. The Morgan fingerprint density at radius 2 is 1.89 bits per heavy atom. The molecule has 4 heteroatoms. The van der Waals surface area contributed by atoms with Crippen LogP contribution in [0.15, 0.2) is 42.5 Å². The van der Waals surface area contributed by atoms with Crippen molar-refractivity contribution in [3.63, 3.8) is 0 Å². The third kappa shape index (κ3) is 2.11. The Labute approximate surface area is 111 Å². The lowest BCUT2D eigenvalue weighted by Gasteiger charge is -2.04. The Kier molecular flexibility index (Phi) is 3.01. The van der Waals surface area contributed by atoms with Crippen LogP contribution in [0.1, 0.15) is 11.4 Å². The van der Waals surface area contributed by atoms with Gasteiger partial charge in [-0.3, -0.25) is 0 Å². The van der Waals surface area contributed by atoms with E-state index >= 15 is 0 Å². The van der Waals surface area contributed by atoms with Crippen molar-refractivity contribution >= 4 is 5.65 Å². The zero-order valence-corrected chi connectivity index (χ0v) is 10.9. The molecule has 1 aromatic carbocycles. The van der Waals surface area contributed by atoms with Crippen LogP contribution in [0.25, 0.3) is 16.9 Å². The first kappa shape index (κ1) is 11.9. The van der Waals surface area contributed by atoms with E-state index in [0.29, 0.717) is 6.54 Å². The van der Waals surface area contributed by atoms with Gasteiger partial charge in [0.1, 0.15) is 0 Å². The molecule has 96 valence electrons. The molecule has 2 heterocycles. The Morgan fingerprint density at radius 1 is 1.11 bits per heavy atom. The zero-order chi connectivity index (χ0) is 13.2. The van der Waals surface area contributed by atoms with Gasteiger partial charge in [0, 0.05) is 12.0 Å². The van der Waals surface area contributed by atoms with Crippen LogP contribution in [0.5, 0.6) is 0 Å². The summed E-state index contributed by atoms with van der Waals surface area (Å²) in [6.45, 7) is 2.60. The van der Waals surface area contributed by atoms with E-state index in [9.17, 15) is 0 Å². The highest BCUT2D eigenvalue weighted by atomic mass is 15.3. The van der Waals surface area contributed by atoms with E-state index in [-0.39, 0.29) is 0 Å². The fourth-order valence-electron chi connectivity index (χ4n) is 2.28. The van der Waals surface area contributed by atoms with Crippen LogP contribution in [0.4, 0.5) is 0 Å². The molecule has 0 amide bonds. The van der Waals surface area contributed by atoms with Crippen molar-refractivity contribution in [1.29, 1.82) is 0 Å². The molecule has 0 aliphatic heterocycles. The summed E-state index contributed by atoms with van der Waals surface area (Å²) >= 11 is 0. The Morgan fingerprint density at radius 3 is 2.63 bits per heavy atom. The van der Waals surface area contributed by atoms with Crippen molar-refractivity contribution in [2.45, 2.75) is 13.3 Å². The maximum absolute atomic E-state index is 5.66. The topological polar surface area (TPSA) is 56.2 Å². The number of rotatable bonds is 3. The highest BCUT2D eigenvalue weighted by Gasteiger charge is 2.10. The van der Waals surface area contributed by atoms with Crippen LogP contribution < -0.4 is 5.73 Å². The number of hydrogen-bond donors (Lipinski definition) is 1. The quantitative estimate of drug-likeness (QED) is 0.777. The van der Waals surface area contributed by atoms with E-state index < -0.39 is 0 Å². The van der Waals surface area contributed by atoms with Gasteiger partial charge in [0.2, 0.25) is 0 Å². The van der Waals surface area contributed by atoms with Gasteiger partial charge < -0.3 is 5.73 Å². The average Bonchev–Trinajstić information content (AvgIpc) is 2.76. The zero-order valence-electron chi connectivity index (χ0n) is 10.9. The molecule has 2 aromatic heterocycles. The summed E-state index contributed by atoms with van der Waals surface area (Å²) in [5, 5.41) is 4.68. The second kappa shape index (κ2) is 4.82. The minimum atomic E-state index is 0.603. The molecule has 19 heavy (non-hydrogen) atoms. The summed E-state index contributed by atoms with van der Waals surface area (Å²) in [4.78, 5) is 4.51. The number of benzene rings is 1. The predicted molar refractivity (Wildman–Crippen MR) is 75.9 cm³/mol. The van der Waals surface area contributed by atoms with Crippen molar-refractivity contribution in [1.82, 2.24) is 14.6 Å². The summed E-state index contributed by atoms with van der Waals surface area (Å²) < 4.78 is 1.91. The average molecular weight is 252 g/mol. The van der Waals surface area contributed by atoms with E-state index in [4.69, 9.17) is 5.73 Å². The summed E-state index contributed by atoms with van der Waals surface area (Å²) in [6.07, 6.45) is 0.790. The first-order valence-corrected chi connectivity index (χ1v) is 6.40. The molecule has 0 aliphatic carbocycles. The van der Waals surface area contributed by atoms with Crippen LogP contribution in [0.3, 0.4) is 0 Å². The van der Waals surface area contributed by atoms with Gasteiger partial charge in [-0.05, 0) is 25.6 Å². The van der Waals surface area contributed by atoms with Crippen LogP contribution in [0, 0.1) is 6.92 Å². The molecule has 0 saturated carbocycles. The van der Waals surface area contributed by atoms with E-state index in [1.165, 1.54) is 0 Å². The number of fused-ring (bicyclic) bond motifs is 1. The third-order valence-electron chi connectivity index (χ3n) is 3.22. The molecule has 4 nitrogen and oxygen atoms in total. The van der Waals surface area contributed by atoms with Gasteiger partial charge in [-0.25, -0.2) is 9.50 Å². The maximum atomic E-state index is 5.66. The number of hydrogen-bond acceptors (Lipinski definition) is 3. The lowest BCUT2D eigenvalue weighted by atomic mass is 10.1. The molecule has 0 saturated heterocycles. The minimum absolute atomic E-state index is 0.603. The smallest absolute Gasteiger partial charge is 0.154 e. The summed E-state index contributed by atoms with van der Waals surface area (Å²) in [7, 11) is 0. The van der Waals surface area contributed by atoms with Crippen LogP contribution in [-0.4, -0.2) is 21.1 Å². The first-order valence-electron chi connectivity index (χ1n) is 6.40. The normalized spacial score (nSPS) is 11.1.